The molecule has 1 aromatic carbocycles. The lowest BCUT2D eigenvalue weighted by Gasteiger charge is -2.36. The summed E-state index contributed by atoms with van der Waals surface area (Å²) in [6.07, 6.45) is 0.850. The fourth-order valence-corrected chi connectivity index (χ4v) is 2.97. The van der Waals surface area contributed by atoms with Crippen LogP contribution in [0.4, 0.5) is 0 Å². The van der Waals surface area contributed by atoms with Gasteiger partial charge in [-0.25, -0.2) is 0 Å². The molecule has 1 aromatic rings. The second-order valence-electron chi connectivity index (χ2n) is 6.96. The van der Waals surface area contributed by atoms with Crippen LogP contribution in [-0.2, 0) is 0 Å². The number of nitriles is 1. The highest BCUT2D eigenvalue weighted by Gasteiger charge is 2.38. The summed E-state index contributed by atoms with van der Waals surface area (Å²) in [6, 6.07) is 10.4. The molecule has 0 spiro atoms. The zero-order valence-electron chi connectivity index (χ0n) is 14.4. The van der Waals surface area contributed by atoms with Crippen LogP contribution in [0.15, 0.2) is 29.8 Å². The van der Waals surface area contributed by atoms with E-state index in [4.69, 9.17) is 9.69 Å². The minimum Gasteiger partial charge on any atom is -0.543 e. The molecule has 0 fully saturated rings. The Balaban J connectivity index is 3.17. The summed E-state index contributed by atoms with van der Waals surface area (Å²) in [6.45, 7) is 15.2. The van der Waals surface area contributed by atoms with Gasteiger partial charge in [-0.15, -0.1) is 0 Å². The fourth-order valence-electron chi connectivity index (χ4n) is 1.95. The first-order valence-corrected chi connectivity index (χ1v) is 10.4. The molecule has 0 aliphatic rings. The van der Waals surface area contributed by atoms with Crippen molar-refractivity contribution in [1.82, 2.24) is 0 Å². The minimum atomic E-state index is -1.83. The number of hydrogen-bond acceptors (Lipinski definition) is 2. The van der Waals surface area contributed by atoms with Gasteiger partial charge in [-0.05, 0) is 54.7 Å². The third kappa shape index (κ3) is 4.22. The quantitative estimate of drug-likeness (QED) is 0.522. The average Bonchev–Trinajstić information content (AvgIpc) is 2.38. The molecule has 0 bridgehead atoms. The van der Waals surface area contributed by atoms with Crippen molar-refractivity contribution >= 4 is 13.9 Å². The van der Waals surface area contributed by atoms with E-state index in [1.165, 1.54) is 0 Å². The lowest BCUT2D eigenvalue weighted by atomic mass is 9.99. The van der Waals surface area contributed by atoms with Crippen LogP contribution in [0.3, 0.4) is 0 Å². The maximum Gasteiger partial charge on any atom is 0.250 e. The molecule has 3 heteroatoms. The van der Waals surface area contributed by atoms with Gasteiger partial charge < -0.3 is 4.43 Å². The normalized spacial score (nSPS) is 13.4. The Morgan fingerprint density at radius 3 is 2.38 bits per heavy atom. The number of allylic oxidation sites excluding steroid dienone is 2. The number of rotatable bonds is 4. The third-order valence-corrected chi connectivity index (χ3v) is 8.69. The summed E-state index contributed by atoms with van der Waals surface area (Å²) in [5.41, 5.74) is 2.97. The molecule has 0 atom stereocenters. The molecule has 0 amide bonds. The van der Waals surface area contributed by atoms with E-state index < -0.39 is 8.32 Å². The summed E-state index contributed by atoms with van der Waals surface area (Å²) in [7, 11) is -1.83. The van der Waals surface area contributed by atoms with E-state index in [0.717, 1.165) is 28.9 Å². The highest BCUT2D eigenvalue weighted by molar-refractivity contribution is 6.74. The maximum atomic E-state index is 9.13. The smallest absolute Gasteiger partial charge is 0.250 e. The summed E-state index contributed by atoms with van der Waals surface area (Å²) < 4.78 is 6.35. The van der Waals surface area contributed by atoms with Crippen LogP contribution < -0.4 is 4.43 Å². The molecular weight excluding hydrogens is 274 g/mol. The van der Waals surface area contributed by atoms with E-state index in [9.17, 15) is 0 Å². The van der Waals surface area contributed by atoms with Gasteiger partial charge in [-0.2, -0.15) is 5.26 Å². The second kappa shape index (κ2) is 6.49. The van der Waals surface area contributed by atoms with E-state index in [1.807, 2.05) is 19.1 Å². The van der Waals surface area contributed by atoms with Gasteiger partial charge in [0.1, 0.15) is 5.75 Å². The van der Waals surface area contributed by atoms with E-state index in [0.29, 0.717) is 0 Å². The first-order chi connectivity index (χ1) is 9.62. The zero-order chi connectivity index (χ0) is 16.3. The Morgan fingerprint density at radius 1 is 1.29 bits per heavy atom. The van der Waals surface area contributed by atoms with Crippen LogP contribution >= 0.6 is 0 Å². The average molecular weight is 302 g/mol. The lowest BCUT2D eigenvalue weighted by molar-refractivity contribution is 0.492. The topological polar surface area (TPSA) is 33.0 Å². The van der Waals surface area contributed by atoms with Gasteiger partial charge in [0.15, 0.2) is 0 Å². The largest absolute Gasteiger partial charge is 0.543 e. The molecule has 21 heavy (non-hydrogen) atoms. The molecule has 114 valence electrons. The van der Waals surface area contributed by atoms with Crippen LogP contribution in [0, 0.1) is 11.3 Å². The molecular formula is C18H27NOSi. The Labute approximate surface area is 130 Å². The molecule has 0 aliphatic carbocycles. The molecule has 1 rings (SSSR count). The van der Waals surface area contributed by atoms with Crippen molar-refractivity contribution in [3.63, 3.8) is 0 Å². The third-order valence-electron chi connectivity index (χ3n) is 4.34. The van der Waals surface area contributed by atoms with E-state index in [-0.39, 0.29) is 5.04 Å². The highest BCUT2D eigenvalue weighted by Crippen LogP contribution is 2.38. The van der Waals surface area contributed by atoms with Gasteiger partial charge in [-0.1, -0.05) is 39.8 Å². The first kappa shape index (κ1) is 17.5. The summed E-state index contributed by atoms with van der Waals surface area (Å²) in [5, 5.41) is 9.30. The molecule has 0 N–H and O–H groups in total. The van der Waals surface area contributed by atoms with Crippen molar-refractivity contribution in [3.8, 4) is 11.8 Å². The maximum absolute atomic E-state index is 9.13. The van der Waals surface area contributed by atoms with Crippen LogP contribution in [0.5, 0.6) is 5.75 Å². The van der Waals surface area contributed by atoms with Gasteiger partial charge >= 0.3 is 0 Å². The Bertz CT molecular complexity index is 574. The molecule has 0 aliphatic heterocycles. The van der Waals surface area contributed by atoms with Gasteiger partial charge in [0, 0.05) is 5.57 Å². The SMILES string of the molecule is CCC(=C(C)C#N)c1cccc(O[Si](C)(C)C(C)(C)C)c1. The number of hydrogen-bond donors (Lipinski definition) is 0. The summed E-state index contributed by atoms with van der Waals surface area (Å²) in [4.78, 5) is 0. The molecule has 0 heterocycles. The van der Waals surface area contributed by atoms with Crippen molar-refractivity contribution < 1.29 is 4.43 Å². The summed E-state index contributed by atoms with van der Waals surface area (Å²) in [5.74, 6) is 0.913. The molecule has 0 unspecified atom stereocenters. The minimum absolute atomic E-state index is 0.176. The zero-order valence-corrected chi connectivity index (χ0v) is 15.4. The number of nitrogens with zero attached hydrogens (tertiary/aromatic N) is 1. The van der Waals surface area contributed by atoms with Gasteiger partial charge in [-0.3, -0.25) is 0 Å². The van der Waals surface area contributed by atoms with Gasteiger partial charge in [0.2, 0.25) is 8.32 Å². The van der Waals surface area contributed by atoms with Crippen molar-refractivity contribution in [2.45, 2.75) is 59.2 Å². The monoisotopic (exact) mass is 301 g/mol. The molecule has 0 saturated carbocycles. The fraction of sp³-hybridized carbons (Fsp3) is 0.500. The summed E-state index contributed by atoms with van der Waals surface area (Å²) >= 11 is 0. The predicted molar refractivity (Wildman–Crippen MR) is 92.8 cm³/mol. The van der Waals surface area contributed by atoms with Crippen molar-refractivity contribution in [3.05, 3.63) is 35.4 Å². The number of benzene rings is 1. The molecule has 0 aromatic heterocycles. The lowest BCUT2D eigenvalue weighted by Crippen LogP contribution is -2.43. The van der Waals surface area contributed by atoms with E-state index >= 15 is 0 Å². The van der Waals surface area contributed by atoms with Crippen LogP contribution in [0.1, 0.15) is 46.6 Å². The van der Waals surface area contributed by atoms with Crippen LogP contribution in [0.2, 0.25) is 18.1 Å². The van der Waals surface area contributed by atoms with Crippen molar-refractivity contribution in [1.29, 1.82) is 5.26 Å². The Morgan fingerprint density at radius 2 is 1.90 bits per heavy atom. The van der Waals surface area contributed by atoms with Crippen molar-refractivity contribution in [2.75, 3.05) is 0 Å². The van der Waals surface area contributed by atoms with Crippen LogP contribution in [-0.4, -0.2) is 8.32 Å². The Hall–Kier alpha value is -1.53. The predicted octanol–water partition coefficient (Wildman–Crippen LogP) is 5.78. The van der Waals surface area contributed by atoms with Crippen LogP contribution in [0.25, 0.3) is 5.57 Å². The van der Waals surface area contributed by atoms with E-state index in [2.05, 4.69) is 59.0 Å². The van der Waals surface area contributed by atoms with Crippen molar-refractivity contribution in [2.24, 2.45) is 0 Å². The standard InChI is InChI=1S/C18H27NOSi/c1-8-17(14(2)13-19)15-10-9-11-16(12-15)20-21(6,7)18(3,4)5/h9-12H,8H2,1-7H3. The first-order valence-electron chi connectivity index (χ1n) is 7.51. The van der Waals surface area contributed by atoms with E-state index in [1.54, 1.807) is 0 Å². The molecule has 0 radical (unpaired) electrons. The van der Waals surface area contributed by atoms with Gasteiger partial charge in [0.05, 0.1) is 6.07 Å². The second-order valence-corrected chi connectivity index (χ2v) is 11.7. The highest BCUT2D eigenvalue weighted by atomic mass is 28.4. The van der Waals surface area contributed by atoms with Gasteiger partial charge in [0.25, 0.3) is 0 Å². The molecule has 0 saturated heterocycles. The molecule has 2 nitrogen and oxygen atoms in total. The Kier molecular flexibility index (Phi) is 5.41.